The predicted molar refractivity (Wildman–Crippen MR) is 78.6 cm³/mol. The average molecular weight is 324 g/mol. The molecule has 2 N–H and O–H groups in total. The van der Waals surface area contributed by atoms with Crippen molar-refractivity contribution in [1.29, 1.82) is 0 Å². The van der Waals surface area contributed by atoms with Crippen molar-refractivity contribution in [3.63, 3.8) is 0 Å². The van der Waals surface area contributed by atoms with Crippen LogP contribution < -0.4 is 5.73 Å². The molecule has 5 heteroatoms. The summed E-state index contributed by atoms with van der Waals surface area (Å²) in [6, 6.07) is 6.00. The molecule has 4 nitrogen and oxygen atoms in total. The minimum Gasteiger partial charge on any atom is -0.334 e. The van der Waals surface area contributed by atoms with Crippen molar-refractivity contribution in [3.8, 4) is 11.5 Å². The summed E-state index contributed by atoms with van der Waals surface area (Å²) in [6.45, 7) is 6.09. The lowest BCUT2D eigenvalue weighted by atomic mass is 9.93. The molecule has 2 rings (SSSR count). The zero-order valence-corrected chi connectivity index (χ0v) is 13.0. The van der Waals surface area contributed by atoms with Crippen molar-refractivity contribution in [2.75, 3.05) is 0 Å². The van der Waals surface area contributed by atoms with Gasteiger partial charge in [0.25, 0.3) is 5.89 Å². The van der Waals surface area contributed by atoms with E-state index in [2.05, 4.69) is 26.1 Å². The van der Waals surface area contributed by atoms with Crippen LogP contribution in [0.4, 0.5) is 0 Å². The molecule has 0 saturated heterocycles. The smallest absolute Gasteiger partial charge is 0.259 e. The van der Waals surface area contributed by atoms with Crippen LogP contribution in [0.2, 0.25) is 0 Å². The fourth-order valence-corrected chi connectivity index (χ4v) is 2.56. The highest BCUT2D eigenvalue weighted by atomic mass is 79.9. The first-order valence-corrected chi connectivity index (χ1v) is 7.19. The number of nitrogens with zero attached hydrogens (tertiary/aromatic N) is 2. The van der Waals surface area contributed by atoms with Gasteiger partial charge in [0.2, 0.25) is 0 Å². The van der Waals surface area contributed by atoms with Gasteiger partial charge >= 0.3 is 0 Å². The van der Waals surface area contributed by atoms with Crippen LogP contribution in [0.25, 0.3) is 11.5 Å². The van der Waals surface area contributed by atoms with Gasteiger partial charge in [0.05, 0.1) is 11.1 Å². The van der Waals surface area contributed by atoms with E-state index in [4.69, 9.17) is 10.3 Å². The van der Waals surface area contributed by atoms with Crippen LogP contribution in [0.15, 0.2) is 27.2 Å². The van der Waals surface area contributed by atoms with Crippen LogP contribution in [-0.4, -0.2) is 10.1 Å². The molecule has 0 saturated carbocycles. The maximum atomic E-state index is 6.27. The Morgan fingerprint density at radius 1 is 1.32 bits per heavy atom. The Bertz CT molecular complexity index is 576. The van der Waals surface area contributed by atoms with E-state index < -0.39 is 5.54 Å². The van der Waals surface area contributed by atoms with E-state index in [1.165, 1.54) is 5.56 Å². The average Bonchev–Trinajstić information content (AvgIpc) is 2.88. The van der Waals surface area contributed by atoms with Gasteiger partial charge in [-0.25, -0.2) is 0 Å². The number of rotatable bonds is 4. The Labute approximate surface area is 121 Å². The van der Waals surface area contributed by atoms with E-state index in [0.29, 0.717) is 11.7 Å². The first-order chi connectivity index (χ1) is 9.00. The van der Waals surface area contributed by atoms with Crippen molar-refractivity contribution in [1.82, 2.24) is 10.1 Å². The van der Waals surface area contributed by atoms with Crippen molar-refractivity contribution in [2.45, 2.75) is 39.2 Å². The molecule has 102 valence electrons. The lowest BCUT2D eigenvalue weighted by Gasteiger charge is -2.21. The minimum atomic E-state index is -0.515. The monoisotopic (exact) mass is 323 g/mol. The third-order valence-electron chi connectivity index (χ3n) is 3.49. The van der Waals surface area contributed by atoms with Crippen LogP contribution in [0.5, 0.6) is 0 Å². The van der Waals surface area contributed by atoms with Crippen LogP contribution in [-0.2, 0) is 5.54 Å². The molecule has 0 radical (unpaired) electrons. The summed E-state index contributed by atoms with van der Waals surface area (Å²) < 4.78 is 6.29. The summed E-state index contributed by atoms with van der Waals surface area (Å²) in [5.41, 5.74) is 7.82. The molecule has 0 spiro atoms. The summed E-state index contributed by atoms with van der Waals surface area (Å²) in [7, 11) is 0. The highest BCUT2D eigenvalue weighted by Crippen LogP contribution is 2.30. The van der Waals surface area contributed by atoms with Gasteiger partial charge < -0.3 is 10.3 Å². The van der Waals surface area contributed by atoms with Crippen molar-refractivity contribution >= 4 is 15.9 Å². The summed E-state index contributed by atoms with van der Waals surface area (Å²) in [6.07, 6.45) is 1.55. The highest BCUT2D eigenvalue weighted by Gasteiger charge is 2.29. The van der Waals surface area contributed by atoms with Gasteiger partial charge in [-0.2, -0.15) is 4.98 Å². The molecule has 0 fully saturated rings. The number of nitrogens with two attached hydrogens (primary N) is 1. The Hall–Kier alpha value is -1.20. The molecule has 1 heterocycles. The number of benzene rings is 1. The lowest BCUT2D eigenvalue weighted by molar-refractivity contribution is 0.350. The highest BCUT2D eigenvalue weighted by molar-refractivity contribution is 9.10. The van der Waals surface area contributed by atoms with Gasteiger partial charge in [-0.15, -0.1) is 0 Å². The molecule has 0 aliphatic rings. The fraction of sp³-hybridized carbons (Fsp3) is 0.429. The van der Waals surface area contributed by atoms with E-state index in [1.54, 1.807) is 0 Å². The van der Waals surface area contributed by atoms with Gasteiger partial charge in [-0.1, -0.05) is 25.1 Å². The normalized spacial score (nSPS) is 11.8. The Balaban J connectivity index is 2.41. The molecule has 2 aromatic rings. The first kappa shape index (κ1) is 14.2. The second-order valence-electron chi connectivity index (χ2n) is 4.77. The SMILES string of the molecule is CCC(N)(CC)c1noc(-c2ccc(C)cc2Br)n1. The third kappa shape index (κ3) is 2.72. The molecule has 1 aromatic heterocycles. The zero-order valence-electron chi connectivity index (χ0n) is 11.4. The number of hydrogen-bond acceptors (Lipinski definition) is 4. The van der Waals surface area contributed by atoms with Gasteiger partial charge in [-0.05, 0) is 53.4 Å². The second kappa shape index (κ2) is 5.43. The zero-order chi connectivity index (χ0) is 14.0. The summed E-state index contributed by atoms with van der Waals surface area (Å²) >= 11 is 3.52. The quantitative estimate of drug-likeness (QED) is 0.929. The number of aryl methyl sites for hydroxylation is 1. The van der Waals surface area contributed by atoms with E-state index in [1.807, 2.05) is 39.0 Å². The fourth-order valence-electron chi connectivity index (χ4n) is 1.89. The van der Waals surface area contributed by atoms with E-state index in [9.17, 15) is 0 Å². The molecule has 1 aromatic carbocycles. The summed E-state index contributed by atoms with van der Waals surface area (Å²) in [5, 5.41) is 4.04. The van der Waals surface area contributed by atoms with E-state index in [-0.39, 0.29) is 0 Å². The lowest BCUT2D eigenvalue weighted by Crippen LogP contribution is -2.36. The third-order valence-corrected chi connectivity index (χ3v) is 4.14. The van der Waals surface area contributed by atoms with Gasteiger partial charge in [0.1, 0.15) is 0 Å². The van der Waals surface area contributed by atoms with E-state index >= 15 is 0 Å². The Morgan fingerprint density at radius 3 is 2.58 bits per heavy atom. The van der Waals surface area contributed by atoms with Crippen LogP contribution in [0.1, 0.15) is 38.1 Å². The Morgan fingerprint density at radius 2 is 2.00 bits per heavy atom. The maximum Gasteiger partial charge on any atom is 0.259 e. The molecule has 0 amide bonds. The van der Waals surface area contributed by atoms with Crippen LogP contribution in [0, 0.1) is 6.92 Å². The summed E-state index contributed by atoms with van der Waals surface area (Å²) in [5.74, 6) is 1.07. The number of halogens is 1. The van der Waals surface area contributed by atoms with Crippen LogP contribution >= 0.6 is 15.9 Å². The largest absolute Gasteiger partial charge is 0.334 e. The Kier molecular flexibility index (Phi) is 4.06. The molecule has 19 heavy (non-hydrogen) atoms. The van der Waals surface area contributed by atoms with Crippen molar-refractivity contribution in [3.05, 3.63) is 34.1 Å². The number of aromatic nitrogens is 2. The first-order valence-electron chi connectivity index (χ1n) is 6.39. The summed E-state index contributed by atoms with van der Waals surface area (Å²) in [4.78, 5) is 4.45. The van der Waals surface area contributed by atoms with Crippen molar-refractivity contribution < 1.29 is 4.52 Å². The molecule has 0 aliphatic carbocycles. The predicted octanol–water partition coefficient (Wildman–Crippen LogP) is 3.78. The van der Waals surface area contributed by atoms with Gasteiger partial charge in [0.15, 0.2) is 5.82 Å². The molecule has 0 bridgehead atoms. The topological polar surface area (TPSA) is 64.9 Å². The maximum absolute atomic E-state index is 6.27. The van der Waals surface area contributed by atoms with E-state index in [0.717, 1.165) is 22.9 Å². The van der Waals surface area contributed by atoms with Crippen LogP contribution in [0.3, 0.4) is 0 Å². The second-order valence-corrected chi connectivity index (χ2v) is 5.62. The standard InChI is InChI=1S/C14H18BrN3O/c1-4-14(16,5-2)13-17-12(19-18-13)10-7-6-9(3)8-11(10)15/h6-8H,4-5,16H2,1-3H3. The van der Waals surface area contributed by atoms with Crippen molar-refractivity contribution in [2.24, 2.45) is 5.73 Å². The molecular formula is C14H18BrN3O. The molecule has 0 aliphatic heterocycles. The number of hydrogen-bond donors (Lipinski definition) is 1. The van der Waals surface area contributed by atoms with Gasteiger partial charge in [-0.3, -0.25) is 0 Å². The van der Waals surface area contributed by atoms with Gasteiger partial charge in [0, 0.05) is 4.47 Å². The molecule has 0 atom stereocenters. The minimum absolute atomic E-state index is 0.499. The molecule has 0 unspecified atom stereocenters. The molecular weight excluding hydrogens is 306 g/mol.